The molecule has 1 amide bonds. The fourth-order valence-corrected chi connectivity index (χ4v) is 2.77. The minimum atomic E-state index is -0.537. The smallest absolute Gasteiger partial charge is 0.225 e. The molecule has 0 bridgehead atoms. The molecule has 1 aromatic rings. The van der Waals surface area contributed by atoms with Crippen LogP contribution in [0.3, 0.4) is 0 Å². The average molecular weight is 303 g/mol. The monoisotopic (exact) mass is 302 g/mol. The third kappa shape index (κ3) is 2.58. The highest BCUT2D eigenvalue weighted by molar-refractivity contribution is 6.37. The van der Waals surface area contributed by atoms with E-state index in [1.807, 2.05) is 11.8 Å². The number of halogens is 2. The molecule has 1 aliphatic rings. The van der Waals surface area contributed by atoms with Gasteiger partial charge in [-0.3, -0.25) is 4.79 Å². The summed E-state index contributed by atoms with van der Waals surface area (Å²) < 4.78 is 0. The van der Waals surface area contributed by atoms with Gasteiger partial charge in [0.05, 0.1) is 15.5 Å². The molecule has 0 aliphatic carbocycles. The van der Waals surface area contributed by atoms with Crippen molar-refractivity contribution in [1.82, 2.24) is 4.98 Å². The number of rotatable bonds is 3. The topological polar surface area (TPSA) is 71.2 Å². The summed E-state index contributed by atoms with van der Waals surface area (Å²) in [6.07, 6.45) is 0.692. The molecule has 2 heterocycles. The number of nitrogens with zero attached hydrogens (tertiary/aromatic N) is 2. The highest BCUT2D eigenvalue weighted by Gasteiger charge is 2.40. The maximum atomic E-state index is 11.5. The van der Waals surface area contributed by atoms with Gasteiger partial charge in [-0.05, 0) is 19.4 Å². The number of carbonyl (C=O) groups is 1. The van der Waals surface area contributed by atoms with Crippen molar-refractivity contribution < 1.29 is 4.79 Å². The number of hydrogen-bond donors (Lipinski definition) is 2. The van der Waals surface area contributed by atoms with Crippen molar-refractivity contribution in [2.75, 3.05) is 30.4 Å². The molecule has 0 saturated carbocycles. The maximum Gasteiger partial charge on any atom is 0.225 e. The van der Waals surface area contributed by atoms with Crippen LogP contribution in [0, 0.1) is 5.41 Å². The molecule has 0 spiro atoms. The Morgan fingerprint density at radius 3 is 2.74 bits per heavy atom. The Morgan fingerprint density at radius 1 is 1.53 bits per heavy atom. The SMILES string of the molecule is CNc1nc(N2CCC(C)(C(N)=O)C2)c(Cl)cc1Cl. The molecule has 1 unspecified atom stereocenters. The predicted octanol–water partition coefficient (Wildman–Crippen LogP) is 2.13. The van der Waals surface area contributed by atoms with E-state index in [1.54, 1.807) is 13.1 Å². The molecule has 3 N–H and O–H groups in total. The zero-order chi connectivity index (χ0) is 14.2. The maximum absolute atomic E-state index is 11.5. The molecule has 104 valence electrons. The van der Waals surface area contributed by atoms with Crippen molar-refractivity contribution in [2.24, 2.45) is 11.1 Å². The predicted molar refractivity (Wildman–Crippen MR) is 77.9 cm³/mol. The van der Waals surface area contributed by atoms with E-state index in [4.69, 9.17) is 28.9 Å². The Morgan fingerprint density at radius 2 is 2.21 bits per heavy atom. The molecular weight excluding hydrogens is 287 g/mol. The second kappa shape index (κ2) is 5.06. The van der Waals surface area contributed by atoms with Crippen LogP contribution in [0.25, 0.3) is 0 Å². The van der Waals surface area contributed by atoms with E-state index in [0.717, 1.165) is 0 Å². The Bertz CT molecular complexity index is 523. The number of hydrogen-bond acceptors (Lipinski definition) is 4. The highest BCUT2D eigenvalue weighted by atomic mass is 35.5. The van der Waals surface area contributed by atoms with Crippen LogP contribution in [0.5, 0.6) is 0 Å². The number of aromatic nitrogens is 1. The zero-order valence-electron chi connectivity index (χ0n) is 10.8. The molecule has 1 aliphatic heterocycles. The van der Waals surface area contributed by atoms with Crippen molar-refractivity contribution >= 4 is 40.7 Å². The quantitative estimate of drug-likeness (QED) is 0.897. The van der Waals surface area contributed by atoms with Crippen LogP contribution in [-0.4, -0.2) is 31.0 Å². The first-order valence-corrected chi connectivity index (χ1v) is 6.71. The molecule has 7 heteroatoms. The van der Waals surface area contributed by atoms with Crippen LogP contribution >= 0.6 is 23.2 Å². The molecule has 19 heavy (non-hydrogen) atoms. The molecule has 1 atom stereocenters. The number of nitrogens with one attached hydrogen (secondary N) is 1. The number of amides is 1. The number of carbonyl (C=O) groups excluding carboxylic acids is 1. The molecule has 5 nitrogen and oxygen atoms in total. The van der Waals surface area contributed by atoms with Gasteiger partial charge in [0.1, 0.15) is 11.6 Å². The third-order valence-electron chi connectivity index (χ3n) is 3.52. The van der Waals surface area contributed by atoms with Gasteiger partial charge < -0.3 is 16.0 Å². The van der Waals surface area contributed by atoms with Gasteiger partial charge in [-0.1, -0.05) is 23.2 Å². The van der Waals surface area contributed by atoms with Gasteiger partial charge in [0.2, 0.25) is 5.91 Å². The summed E-state index contributed by atoms with van der Waals surface area (Å²) in [5.41, 5.74) is 4.90. The minimum Gasteiger partial charge on any atom is -0.372 e. The van der Waals surface area contributed by atoms with Crippen molar-refractivity contribution in [3.05, 3.63) is 16.1 Å². The number of primary amides is 1. The van der Waals surface area contributed by atoms with E-state index in [9.17, 15) is 4.79 Å². The Hall–Kier alpha value is -1.20. The second-order valence-corrected chi connectivity index (χ2v) is 5.79. The summed E-state index contributed by atoms with van der Waals surface area (Å²) >= 11 is 12.2. The van der Waals surface area contributed by atoms with Gasteiger partial charge in [0.15, 0.2) is 0 Å². The van der Waals surface area contributed by atoms with E-state index in [0.29, 0.717) is 41.2 Å². The summed E-state index contributed by atoms with van der Waals surface area (Å²) in [5.74, 6) is 0.892. The summed E-state index contributed by atoms with van der Waals surface area (Å²) in [6, 6.07) is 1.65. The lowest BCUT2D eigenvalue weighted by Gasteiger charge is -2.23. The van der Waals surface area contributed by atoms with Crippen LogP contribution in [0.15, 0.2) is 6.07 Å². The van der Waals surface area contributed by atoms with Gasteiger partial charge in [0.25, 0.3) is 0 Å². The minimum absolute atomic E-state index is 0.297. The van der Waals surface area contributed by atoms with Crippen LogP contribution in [0.4, 0.5) is 11.6 Å². The van der Waals surface area contributed by atoms with Crippen LogP contribution < -0.4 is 16.0 Å². The van der Waals surface area contributed by atoms with E-state index in [1.165, 1.54) is 0 Å². The standard InChI is InChI=1S/C12H16Cl2N4O/c1-12(11(15)19)3-4-18(6-12)10-8(14)5-7(13)9(16-2)17-10/h5H,3-4,6H2,1-2H3,(H2,15,19)(H,16,17). The number of anilines is 2. The molecule has 1 saturated heterocycles. The van der Waals surface area contributed by atoms with E-state index in [-0.39, 0.29) is 5.91 Å². The Kier molecular flexibility index (Phi) is 3.78. The lowest BCUT2D eigenvalue weighted by Crippen LogP contribution is -2.37. The summed E-state index contributed by atoms with van der Waals surface area (Å²) in [4.78, 5) is 17.8. The molecule has 2 rings (SSSR count). The lowest BCUT2D eigenvalue weighted by molar-refractivity contribution is -0.125. The van der Waals surface area contributed by atoms with E-state index < -0.39 is 5.41 Å². The van der Waals surface area contributed by atoms with Crippen LogP contribution in [0.2, 0.25) is 10.0 Å². The fraction of sp³-hybridized carbons (Fsp3) is 0.500. The van der Waals surface area contributed by atoms with Gasteiger partial charge >= 0.3 is 0 Å². The third-order valence-corrected chi connectivity index (χ3v) is 4.08. The van der Waals surface area contributed by atoms with Crippen molar-refractivity contribution in [2.45, 2.75) is 13.3 Å². The molecule has 1 aromatic heterocycles. The lowest BCUT2D eigenvalue weighted by atomic mass is 9.89. The van der Waals surface area contributed by atoms with Gasteiger partial charge in [-0.15, -0.1) is 0 Å². The first-order valence-electron chi connectivity index (χ1n) is 5.96. The average Bonchev–Trinajstić information content (AvgIpc) is 2.73. The molecular formula is C12H16Cl2N4O. The Balaban J connectivity index is 2.32. The van der Waals surface area contributed by atoms with Crippen LogP contribution in [-0.2, 0) is 4.79 Å². The fourth-order valence-electron chi connectivity index (χ4n) is 2.20. The molecule has 0 aromatic carbocycles. The van der Waals surface area contributed by atoms with Crippen molar-refractivity contribution in [3.8, 4) is 0 Å². The van der Waals surface area contributed by atoms with Crippen molar-refractivity contribution in [1.29, 1.82) is 0 Å². The normalized spacial score (nSPS) is 22.6. The van der Waals surface area contributed by atoms with Gasteiger partial charge in [0, 0.05) is 20.1 Å². The number of nitrogens with two attached hydrogens (primary N) is 1. The summed E-state index contributed by atoms with van der Waals surface area (Å²) in [6.45, 7) is 3.06. The van der Waals surface area contributed by atoms with E-state index >= 15 is 0 Å². The van der Waals surface area contributed by atoms with Gasteiger partial charge in [-0.2, -0.15) is 0 Å². The second-order valence-electron chi connectivity index (χ2n) is 4.97. The first kappa shape index (κ1) is 14.2. The van der Waals surface area contributed by atoms with Gasteiger partial charge in [-0.25, -0.2) is 4.98 Å². The molecule has 1 fully saturated rings. The largest absolute Gasteiger partial charge is 0.372 e. The number of pyridine rings is 1. The van der Waals surface area contributed by atoms with Crippen LogP contribution in [0.1, 0.15) is 13.3 Å². The highest BCUT2D eigenvalue weighted by Crippen LogP contribution is 2.37. The van der Waals surface area contributed by atoms with Crippen molar-refractivity contribution in [3.63, 3.8) is 0 Å². The molecule has 0 radical (unpaired) electrons. The first-order chi connectivity index (χ1) is 8.87. The Labute approximate surface area is 122 Å². The van der Waals surface area contributed by atoms with E-state index in [2.05, 4.69) is 10.3 Å². The zero-order valence-corrected chi connectivity index (χ0v) is 12.3. The summed E-state index contributed by atoms with van der Waals surface area (Å²) in [7, 11) is 1.74. The summed E-state index contributed by atoms with van der Waals surface area (Å²) in [5, 5.41) is 3.85.